The maximum atomic E-state index is 11.5. The monoisotopic (exact) mass is 462 g/mol. The molecule has 3 N–H and O–H groups in total. The van der Waals surface area contributed by atoms with Gasteiger partial charge in [-0.2, -0.15) is 0 Å². The number of rotatable bonds is 8. The third kappa shape index (κ3) is 9.52. The molecule has 0 radical (unpaired) electrons. The number of nitrogens with one attached hydrogen (secondary N) is 3. The Kier molecular flexibility index (Phi) is 12.0. The molecule has 0 saturated heterocycles. The quantitative estimate of drug-likeness (QED) is 0.240. The summed E-state index contributed by atoms with van der Waals surface area (Å²) < 4.78 is 5.92. The highest BCUT2D eigenvalue weighted by Crippen LogP contribution is 2.17. The third-order valence-corrected chi connectivity index (χ3v) is 3.44. The second-order valence-electron chi connectivity index (χ2n) is 6.02. The van der Waals surface area contributed by atoms with Gasteiger partial charge in [0, 0.05) is 26.1 Å². The van der Waals surface area contributed by atoms with Crippen molar-refractivity contribution in [1.29, 1.82) is 0 Å². The summed E-state index contributed by atoms with van der Waals surface area (Å²) in [7, 11) is 1.72. The molecule has 25 heavy (non-hydrogen) atoms. The first-order chi connectivity index (χ1) is 11.4. The number of hydrogen-bond donors (Lipinski definition) is 3. The maximum Gasteiger partial charge on any atom is 0.222 e. The first-order valence-corrected chi connectivity index (χ1v) is 8.38. The van der Waals surface area contributed by atoms with Crippen molar-refractivity contribution < 1.29 is 9.53 Å². The van der Waals surface area contributed by atoms with E-state index in [0.29, 0.717) is 25.6 Å². The van der Waals surface area contributed by atoms with Crippen LogP contribution in [-0.2, 0) is 4.79 Å². The zero-order chi connectivity index (χ0) is 17.9. The van der Waals surface area contributed by atoms with Gasteiger partial charge in [0.05, 0.1) is 6.54 Å². The van der Waals surface area contributed by atoms with Crippen LogP contribution < -0.4 is 20.7 Å². The second-order valence-corrected chi connectivity index (χ2v) is 6.02. The van der Waals surface area contributed by atoms with Gasteiger partial charge in [-0.25, -0.2) is 0 Å². The van der Waals surface area contributed by atoms with Gasteiger partial charge >= 0.3 is 0 Å². The van der Waals surface area contributed by atoms with Crippen molar-refractivity contribution in [2.75, 3.05) is 26.7 Å². The number of amides is 1. The van der Waals surface area contributed by atoms with Gasteiger partial charge in [0.25, 0.3) is 0 Å². The molecule has 1 atom stereocenters. The lowest BCUT2D eigenvalue weighted by Crippen LogP contribution is -2.44. The van der Waals surface area contributed by atoms with Gasteiger partial charge in [0.15, 0.2) is 5.96 Å². The zero-order valence-electron chi connectivity index (χ0n) is 15.8. The van der Waals surface area contributed by atoms with Gasteiger partial charge in [-0.3, -0.25) is 9.79 Å². The van der Waals surface area contributed by atoms with E-state index in [-0.39, 0.29) is 41.9 Å². The first kappa shape index (κ1) is 23.5. The Morgan fingerprint density at radius 2 is 1.76 bits per heavy atom. The number of halogens is 1. The Balaban J connectivity index is 0.00000576. The molecular formula is C18H31IN4O2. The molecule has 0 heterocycles. The van der Waals surface area contributed by atoms with Crippen LogP contribution >= 0.6 is 24.0 Å². The van der Waals surface area contributed by atoms with Crippen LogP contribution in [0.25, 0.3) is 0 Å². The lowest BCUT2D eigenvalue weighted by molar-refractivity contribution is -0.123. The Labute approximate surface area is 168 Å². The van der Waals surface area contributed by atoms with Crippen LogP contribution in [0.3, 0.4) is 0 Å². The van der Waals surface area contributed by atoms with Crippen LogP contribution in [0.5, 0.6) is 5.75 Å². The molecule has 0 fully saturated rings. The van der Waals surface area contributed by atoms with Gasteiger partial charge in [0.2, 0.25) is 5.91 Å². The van der Waals surface area contributed by atoms with Crippen LogP contribution in [0, 0.1) is 12.8 Å². The molecule has 0 saturated carbocycles. The predicted molar refractivity (Wildman–Crippen MR) is 114 cm³/mol. The van der Waals surface area contributed by atoms with Gasteiger partial charge in [-0.15, -0.1) is 24.0 Å². The van der Waals surface area contributed by atoms with E-state index in [1.54, 1.807) is 7.05 Å². The number of hydrogen-bond acceptors (Lipinski definition) is 3. The van der Waals surface area contributed by atoms with Crippen LogP contribution in [0.1, 0.15) is 26.3 Å². The van der Waals surface area contributed by atoms with Crippen LogP contribution in [-0.4, -0.2) is 44.7 Å². The summed E-state index contributed by atoms with van der Waals surface area (Å²) in [5, 5.41) is 9.24. The fourth-order valence-electron chi connectivity index (χ4n) is 1.98. The number of benzene rings is 1. The number of nitrogens with zero attached hydrogens (tertiary/aromatic N) is 1. The van der Waals surface area contributed by atoms with E-state index >= 15 is 0 Å². The number of aliphatic imine (C=N–C) groups is 1. The van der Waals surface area contributed by atoms with Gasteiger partial charge in [-0.05, 0) is 25.5 Å². The molecule has 6 nitrogen and oxygen atoms in total. The zero-order valence-corrected chi connectivity index (χ0v) is 18.1. The predicted octanol–water partition coefficient (Wildman–Crippen LogP) is 2.32. The summed E-state index contributed by atoms with van der Waals surface area (Å²) in [6, 6.07) is 7.96. The molecule has 0 aliphatic heterocycles. The van der Waals surface area contributed by atoms with Crippen molar-refractivity contribution in [1.82, 2.24) is 16.0 Å². The number of carbonyl (C=O) groups is 1. The number of guanidine groups is 1. The summed E-state index contributed by atoms with van der Waals surface area (Å²) in [5.41, 5.74) is 1.12. The third-order valence-electron chi connectivity index (χ3n) is 3.44. The fraction of sp³-hybridized carbons (Fsp3) is 0.556. The lowest BCUT2D eigenvalue weighted by atomic mass is 10.2. The molecule has 0 aliphatic rings. The second kappa shape index (κ2) is 12.8. The molecule has 0 aliphatic carbocycles. The highest BCUT2D eigenvalue weighted by atomic mass is 127. The highest BCUT2D eigenvalue weighted by molar-refractivity contribution is 14.0. The largest absolute Gasteiger partial charge is 0.489 e. The average molecular weight is 462 g/mol. The van der Waals surface area contributed by atoms with Crippen molar-refractivity contribution >= 4 is 35.8 Å². The van der Waals surface area contributed by atoms with Gasteiger partial charge in [0.1, 0.15) is 11.9 Å². The molecular weight excluding hydrogens is 431 g/mol. The summed E-state index contributed by atoms with van der Waals surface area (Å²) in [6.45, 7) is 9.60. The Bertz CT molecular complexity index is 550. The highest BCUT2D eigenvalue weighted by Gasteiger charge is 2.08. The van der Waals surface area contributed by atoms with Crippen molar-refractivity contribution in [3.63, 3.8) is 0 Å². The molecule has 0 bridgehead atoms. The minimum atomic E-state index is 0. The lowest BCUT2D eigenvalue weighted by Gasteiger charge is -2.19. The molecule has 0 aromatic heterocycles. The number of para-hydroxylation sites is 1. The molecule has 1 aromatic carbocycles. The fourth-order valence-corrected chi connectivity index (χ4v) is 1.98. The van der Waals surface area contributed by atoms with E-state index in [2.05, 4.69) is 20.9 Å². The number of ether oxygens (including phenoxy) is 1. The number of carbonyl (C=O) groups excluding carboxylic acids is 1. The molecule has 0 spiro atoms. The molecule has 7 heteroatoms. The van der Waals surface area contributed by atoms with E-state index in [4.69, 9.17) is 4.74 Å². The molecule has 1 rings (SSSR count). The van der Waals surface area contributed by atoms with E-state index in [0.717, 1.165) is 11.3 Å². The summed E-state index contributed by atoms with van der Waals surface area (Å²) >= 11 is 0. The van der Waals surface area contributed by atoms with Crippen molar-refractivity contribution in [2.24, 2.45) is 10.9 Å². The summed E-state index contributed by atoms with van der Waals surface area (Å²) in [6.07, 6.45) is 0.00490. The topological polar surface area (TPSA) is 74.8 Å². The molecule has 1 unspecified atom stereocenters. The van der Waals surface area contributed by atoms with Crippen molar-refractivity contribution in [2.45, 2.75) is 33.8 Å². The van der Waals surface area contributed by atoms with E-state index in [1.165, 1.54) is 0 Å². The smallest absolute Gasteiger partial charge is 0.222 e. The van der Waals surface area contributed by atoms with Crippen LogP contribution in [0.15, 0.2) is 29.3 Å². The number of aryl methyl sites for hydroxylation is 1. The standard InChI is InChI=1S/C18H30N4O2.HI/c1-13(2)17(23)20-10-11-21-18(19-5)22-12-15(4)24-16-9-7-6-8-14(16)3;/h6-9,13,15H,10-12H2,1-5H3,(H,20,23)(H2,19,21,22);1H. The van der Waals surface area contributed by atoms with Crippen molar-refractivity contribution in [3.8, 4) is 5.75 Å². The maximum absolute atomic E-state index is 11.5. The molecule has 1 amide bonds. The normalized spacial score (nSPS) is 12.2. The minimum Gasteiger partial charge on any atom is -0.489 e. The van der Waals surface area contributed by atoms with Crippen LogP contribution in [0.4, 0.5) is 0 Å². The SMILES string of the molecule is CN=C(NCCNC(=O)C(C)C)NCC(C)Oc1ccccc1C.I. The molecule has 142 valence electrons. The Morgan fingerprint density at radius 1 is 1.12 bits per heavy atom. The molecule has 1 aromatic rings. The van der Waals surface area contributed by atoms with E-state index in [1.807, 2.05) is 52.0 Å². The summed E-state index contributed by atoms with van der Waals surface area (Å²) in [4.78, 5) is 15.6. The van der Waals surface area contributed by atoms with E-state index in [9.17, 15) is 4.79 Å². The Morgan fingerprint density at radius 3 is 2.36 bits per heavy atom. The van der Waals surface area contributed by atoms with Gasteiger partial charge in [-0.1, -0.05) is 32.0 Å². The summed E-state index contributed by atoms with van der Waals surface area (Å²) in [5.74, 6) is 1.64. The van der Waals surface area contributed by atoms with Crippen molar-refractivity contribution in [3.05, 3.63) is 29.8 Å². The minimum absolute atomic E-state index is 0. The first-order valence-electron chi connectivity index (χ1n) is 8.38. The van der Waals surface area contributed by atoms with Crippen LogP contribution in [0.2, 0.25) is 0 Å². The Hall–Kier alpha value is -1.51. The average Bonchev–Trinajstić information content (AvgIpc) is 2.56. The van der Waals surface area contributed by atoms with Gasteiger partial charge < -0.3 is 20.7 Å². The van der Waals surface area contributed by atoms with E-state index < -0.39 is 0 Å².